The number of nitrogens with zero attached hydrogens (tertiary/aromatic N) is 1. The fourth-order valence-corrected chi connectivity index (χ4v) is 1.91. The molecule has 1 unspecified atom stereocenters. The minimum Gasteiger partial charge on any atom is -0.380 e. The first-order valence-corrected chi connectivity index (χ1v) is 6.35. The van der Waals surface area contributed by atoms with Crippen LogP contribution in [0.25, 0.3) is 0 Å². The highest BCUT2D eigenvalue weighted by atomic mass is 16.5. The SMILES string of the molecule is OC1(CCCCOCc2ccccc2)C=CN=C1. The molecule has 0 aromatic heterocycles. The van der Waals surface area contributed by atoms with Gasteiger partial charge < -0.3 is 9.84 Å². The van der Waals surface area contributed by atoms with Crippen molar-refractivity contribution in [2.45, 2.75) is 31.5 Å². The van der Waals surface area contributed by atoms with Gasteiger partial charge in [-0.25, -0.2) is 0 Å². The monoisotopic (exact) mass is 245 g/mol. The van der Waals surface area contributed by atoms with Crippen molar-refractivity contribution in [1.82, 2.24) is 0 Å². The summed E-state index contributed by atoms with van der Waals surface area (Å²) >= 11 is 0. The molecule has 2 rings (SSSR count). The topological polar surface area (TPSA) is 41.8 Å². The van der Waals surface area contributed by atoms with E-state index < -0.39 is 5.60 Å². The number of aliphatic hydroxyl groups is 1. The first-order chi connectivity index (χ1) is 8.79. The van der Waals surface area contributed by atoms with Gasteiger partial charge >= 0.3 is 0 Å². The van der Waals surface area contributed by atoms with Gasteiger partial charge in [-0.3, -0.25) is 4.99 Å². The fourth-order valence-electron chi connectivity index (χ4n) is 1.91. The number of unbranched alkanes of at least 4 members (excludes halogenated alkanes) is 1. The zero-order valence-electron chi connectivity index (χ0n) is 10.5. The van der Waals surface area contributed by atoms with Gasteiger partial charge in [0.05, 0.1) is 6.61 Å². The summed E-state index contributed by atoms with van der Waals surface area (Å²) in [6, 6.07) is 10.1. The number of hydrogen-bond donors (Lipinski definition) is 1. The molecular formula is C15H19NO2. The zero-order chi connectivity index (χ0) is 12.7. The van der Waals surface area contributed by atoms with Crippen molar-refractivity contribution in [3.63, 3.8) is 0 Å². The Morgan fingerprint density at radius 2 is 2.00 bits per heavy atom. The van der Waals surface area contributed by atoms with Crippen molar-refractivity contribution in [1.29, 1.82) is 0 Å². The first-order valence-electron chi connectivity index (χ1n) is 6.35. The van der Waals surface area contributed by atoms with E-state index in [0.29, 0.717) is 13.0 Å². The molecule has 1 atom stereocenters. The third-order valence-corrected chi connectivity index (χ3v) is 2.97. The second kappa shape index (κ2) is 6.47. The Morgan fingerprint density at radius 1 is 1.17 bits per heavy atom. The van der Waals surface area contributed by atoms with E-state index in [1.54, 1.807) is 18.5 Å². The fraction of sp³-hybridized carbons (Fsp3) is 0.400. The van der Waals surface area contributed by atoms with Crippen molar-refractivity contribution >= 4 is 6.21 Å². The van der Waals surface area contributed by atoms with Gasteiger partial charge in [0.15, 0.2) is 0 Å². The maximum Gasteiger partial charge on any atom is 0.119 e. The second-order valence-electron chi connectivity index (χ2n) is 4.58. The van der Waals surface area contributed by atoms with Crippen LogP contribution in [0.2, 0.25) is 0 Å². The van der Waals surface area contributed by atoms with E-state index in [2.05, 4.69) is 17.1 Å². The van der Waals surface area contributed by atoms with Crippen LogP contribution < -0.4 is 0 Å². The first kappa shape index (κ1) is 13.0. The van der Waals surface area contributed by atoms with Crippen LogP contribution in [0.1, 0.15) is 24.8 Å². The Labute approximate surface area is 108 Å². The molecule has 0 aliphatic carbocycles. The minimum absolute atomic E-state index is 0.659. The van der Waals surface area contributed by atoms with Gasteiger partial charge in [0.1, 0.15) is 5.60 Å². The Kier molecular flexibility index (Phi) is 4.67. The zero-order valence-corrected chi connectivity index (χ0v) is 10.5. The lowest BCUT2D eigenvalue weighted by atomic mass is 9.99. The summed E-state index contributed by atoms with van der Waals surface area (Å²) in [6.07, 6.45) is 7.57. The molecule has 0 bridgehead atoms. The van der Waals surface area contributed by atoms with Gasteiger partial charge in [0, 0.05) is 19.0 Å². The molecule has 0 radical (unpaired) electrons. The summed E-state index contributed by atoms with van der Waals surface area (Å²) in [4.78, 5) is 3.90. The Balaban J connectivity index is 1.54. The number of hydrogen-bond acceptors (Lipinski definition) is 3. The van der Waals surface area contributed by atoms with Crippen LogP contribution in [-0.2, 0) is 11.3 Å². The quantitative estimate of drug-likeness (QED) is 0.750. The molecule has 3 nitrogen and oxygen atoms in total. The third kappa shape index (κ3) is 4.09. The Bertz CT molecular complexity index is 400. The lowest BCUT2D eigenvalue weighted by Gasteiger charge is -2.15. The van der Waals surface area contributed by atoms with Gasteiger partial charge in [-0.15, -0.1) is 0 Å². The van der Waals surface area contributed by atoms with Crippen molar-refractivity contribution in [3.8, 4) is 0 Å². The van der Waals surface area contributed by atoms with Crippen molar-refractivity contribution in [2.24, 2.45) is 4.99 Å². The Hall–Kier alpha value is -1.45. The van der Waals surface area contributed by atoms with Gasteiger partial charge in [0.25, 0.3) is 0 Å². The van der Waals surface area contributed by atoms with E-state index in [0.717, 1.165) is 19.4 Å². The molecule has 1 heterocycles. The highest BCUT2D eigenvalue weighted by Crippen LogP contribution is 2.17. The summed E-state index contributed by atoms with van der Waals surface area (Å²) in [7, 11) is 0. The van der Waals surface area contributed by atoms with E-state index in [4.69, 9.17) is 4.74 Å². The van der Waals surface area contributed by atoms with Crippen LogP contribution in [0.3, 0.4) is 0 Å². The molecular weight excluding hydrogens is 226 g/mol. The van der Waals surface area contributed by atoms with Crippen LogP contribution >= 0.6 is 0 Å². The van der Waals surface area contributed by atoms with E-state index in [1.165, 1.54) is 5.56 Å². The van der Waals surface area contributed by atoms with E-state index in [-0.39, 0.29) is 0 Å². The molecule has 0 fully saturated rings. The minimum atomic E-state index is -0.820. The predicted octanol–water partition coefficient (Wildman–Crippen LogP) is 2.70. The molecule has 1 N–H and O–H groups in total. The maximum atomic E-state index is 9.95. The molecule has 18 heavy (non-hydrogen) atoms. The molecule has 0 saturated carbocycles. The van der Waals surface area contributed by atoms with E-state index in [1.807, 2.05) is 18.2 Å². The van der Waals surface area contributed by atoms with Gasteiger partial charge in [-0.1, -0.05) is 30.3 Å². The molecule has 0 spiro atoms. The molecule has 96 valence electrons. The number of benzene rings is 1. The van der Waals surface area contributed by atoms with Gasteiger partial charge in [-0.05, 0) is 30.9 Å². The number of ether oxygens (including phenoxy) is 1. The maximum absolute atomic E-state index is 9.95. The Morgan fingerprint density at radius 3 is 2.72 bits per heavy atom. The second-order valence-corrected chi connectivity index (χ2v) is 4.58. The molecule has 3 heteroatoms. The molecule has 1 aromatic rings. The summed E-state index contributed by atoms with van der Waals surface area (Å²) in [5, 5.41) is 9.95. The van der Waals surface area contributed by atoms with Crippen LogP contribution in [0.5, 0.6) is 0 Å². The average molecular weight is 245 g/mol. The van der Waals surface area contributed by atoms with Crippen LogP contribution in [0, 0.1) is 0 Å². The van der Waals surface area contributed by atoms with Crippen molar-refractivity contribution < 1.29 is 9.84 Å². The molecule has 0 amide bonds. The standard InChI is InChI=1S/C15H19NO2/c17-15(9-10-16-13-15)8-4-5-11-18-12-14-6-2-1-3-7-14/h1-3,6-7,9-10,13,17H,4-5,8,11-12H2. The molecule has 1 aromatic carbocycles. The lowest BCUT2D eigenvalue weighted by Crippen LogP contribution is -2.25. The highest BCUT2D eigenvalue weighted by Gasteiger charge is 2.22. The summed E-state index contributed by atoms with van der Waals surface area (Å²) in [6.45, 7) is 1.39. The smallest absolute Gasteiger partial charge is 0.119 e. The van der Waals surface area contributed by atoms with Crippen LogP contribution in [-0.4, -0.2) is 23.5 Å². The predicted molar refractivity (Wildman–Crippen MR) is 72.5 cm³/mol. The van der Waals surface area contributed by atoms with Gasteiger partial charge in [-0.2, -0.15) is 0 Å². The number of aliphatic imine (C=N–C) groups is 1. The highest BCUT2D eigenvalue weighted by molar-refractivity contribution is 5.74. The third-order valence-electron chi connectivity index (χ3n) is 2.97. The number of rotatable bonds is 7. The summed E-state index contributed by atoms with van der Waals surface area (Å²) < 4.78 is 5.58. The van der Waals surface area contributed by atoms with Crippen molar-refractivity contribution in [3.05, 3.63) is 48.2 Å². The normalized spacial score (nSPS) is 21.6. The lowest BCUT2D eigenvalue weighted by molar-refractivity contribution is 0.108. The summed E-state index contributed by atoms with van der Waals surface area (Å²) in [5.41, 5.74) is 0.376. The van der Waals surface area contributed by atoms with Crippen LogP contribution in [0.4, 0.5) is 0 Å². The largest absolute Gasteiger partial charge is 0.380 e. The molecule has 1 aliphatic heterocycles. The van der Waals surface area contributed by atoms with Crippen LogP contribution in [0.15, 0.2) is 47.6 Å². The van der Waals surface area contributed by atoms with Gasteiger partial charge in [0.2, 0.25) is 0 Å². The van der Waals surface area contributed by atoms with Crippen molar-refractivity contribution in [2.75, 3.05) is 6.61 Å². The summed E-state index contributed by atoms with van der Waals surface area (Å²) in [5.74, 6) is 0. The van der Waals surface area contributed by atoms with E-state index >= 15 is 0 Å². The molecule has 0 saturated heterocycles. The van der Waals surface area contributed by atoms with E-state index in [9.17, 15) is 5.11 Å². The average Bonchev–Trinajstić information content (AvgIpc) is 2.82. The molecule has 1 aliphatic rings.